The summed E-state index contributed by atoms with van der Waals surface area (Å²) in [5, 5.41) is 8.13. The van der Waals surface area contributed by atoms with Gasteiger partial charge in [0.2, 0.25) is 5.91 Å². The smallest absolute Gasteiger partial charge is 0.312 e. The topological polar surface area (TPSA) is 78.7 Å². The maximum Gasteiger partial charge on any atom is 0.332 e. The van der Waals surface area contributed by atoms with Crippen molar-refractivity contribution in [3.05, 3.63) is 22.9 Å². The molecule has 0 saturated heterocycles. The summed E-state index contributed by atoms with van der Waals surface area (Å²) in [7, 11) is 0. The molecule has 1 aromatic rings. The van der Waals surface area contributed by atoms with Gasteiger partial charge >= 0.3 is 5.69 Å². The number of rotatable bonds is 1. The molecule has 0 aromatic carbocycles. The Morgan fingerprint density at radius 3 is 3.00 bits per heavy atom. The Labute approximate surface area is 61.9 Å². The third-order valence-electron chi connectivity index (χ3n) is 1.15. The number of carbonyl (C=O) groups excluding carboxylic acids is 1. The van der Waals surface area contributed by atoms with Crippen molar-refractivity contribution in [3.8, 4) is 6.07 Å². The number of aromatic nitrogens is 2. The van der Waals surface area contributed by atoms with E-state index < -0.39 is 11.6 Å². The van der Waals surface area contributed by atoms with E-state index in [1.54, 1.807) is 6.07 Å². The Morgan fingerprint density at radius 2 is 2.55 bits per heavy atom. The fraction of sp³-hybridized carbons (Fsp3) is 0.167. The first kappa shape index (κ1) is 7.28. The minimum absolute atomic E-state index is 0.280. The Bertz CT molecular complexity index is 354. The first-order chi connectivity index (χ1) is 5.25. The molecular weight excluding hydrogens is 146 g/mol. The fourth-order valence-electron chi connectivity index (χ4n) is 0.670. The van der Waals surface area contributed by atoms with Gasteiger partial charge in [-0.05, 0) is 0 Å². The van der Waals surface area contributed by atoms with Gasteiger partial charge in [-0.3, -0.25) is 4.79 Å². The highest BCUT2D eigenvalue weighted by Gasteiger charge is 2.04. The van der Waals surface area contributed by atoms with Crippen LogP contribution in [0.5, 0.6) is 0 Å². The average Bonchev–Trinajstić information content (AvgIpc) is 2.36. The second-order valence-electron chi connectivity index (χ2n) is 1.86. The van der Waals surface area contributed by atoms with E-state index in [1.165, 1.54) is 12.4 Å². The monoisotopic (exact) mass is 151 g/mol. The van der Waals surface area contributed by atoms with Crippen molar-refractivity contribution in [2.24, 2.45) is 0 Å². The van der Waals surface area contributed by atoms with E-state index in [0.29, 0.717) is 0 Å². The van der Waals surface area contributed by atoms with Crippen LogP contribution in [0.1, 0.15) is 11.2 Å². The second-order valence-corrected chi connectivity index (χ2v) is 1.86. The van der Waals surface area contributed by atoms with Crippen LogP contribution in [-0.4, -0.2) is 15.5 Å². The fourth-order valence-corrected chi connectivity index (χ4v) is 0.670. The van der Waals surface area contributed by atoms with Crippen molar-refractivity contribution in [3.63, 3.8) is 0 Å². The van der Waals surface area contributed by atoms with Gasteiger partial charge in [0.05, 0.1) is 6.07 Å². The molecule has 11 heavy (non-hydrogen) atoms. The molecule has 5 nitrogen and oxygen atoms in total. The molecule has 0 aliphatic heterocycles. The van der Waals surface area contributed by atoms with Crippen molar-refractivity contribution in [2.75, 3.05) is 0 Å². The normalized spacial score (nSPS) is 9.00. The number of carbonyl (C=O) groups is 1. The number of nitrogens with one attached hydrogen (secondary N) is 1. The molecule has 0 saturated carbocycles. The number of H-pyrrole nitrogens is 1. The van der Waals surface area contributed by atoms with Crippen LogP contribution in [-0.2, 0) is 0 Å². The molecule has 1 rings (SSSR count). The highest BCUT2D eigenvalue weighted by atomic mass is 16.2. The predicted molar refractivity (Wildman–Crippen MR) is 35.9 cm³/mol. The molecule has 0 radical (unpaired) electrons. The predicted octanol–water partition coefficient (Wildman–Crippen LogP) is -0.270. The summed E-state index contributed by atoms with van der Waals surface area (Å²) >= 11 is 0. The van der Waals surface area contributed by atoms with Gasteiger partial charge in [0, 0.05) is 12.4 Å². The molecule has 1 aromatic heterocycles. The molecule has 1 N–H and O–H groups in total. The molecule has 1 heterocycles. The van der Waals surface area contributed by atoms with E-state index in [4.69, 9.17) is 5.26 Å². The third kappa shape index (κ3) is 1.35. The molecule has 0 unspecified atom stereocenters. The van der Waals surface area contributed by atoms with Gasteiger partial charge in [-0.1, -0.05) is 0 Å². The molecule has 56 valence electrons. The lowest BCUT2D eigenvalue weighted by atomic mass is 10.4. The van der Waals surface area contributed by atoms with E-state index in [2.05, 4.69) is 4.98 Å². The van der Waals surface area contributed by atoms with E-state index in [9.17, 15) is 9.59 Å². The Kier molecular flexibility index (Phi) is 1.88. The first-order valence-corrected chi connectivity index (χ1v) is 2.92. The van der Waals surface area contributed by atoms with Crippen LogP contribution in [0.25, 0.3) is 0 Å². The van der Waals surface area contributed by atoms with E-state index in [-0.39, 0.29) is 6.42 Å². The maximum absolute atomic E-state index is 10.8. The molecule has 0 aliphatic rings. The SMILES string of the molecule is N#CCC(=O)n1cc[nH]c1=O. The van der Waals surface area contributed by atoms with E-state index in [0.717, 1.165) is 4.57 Å². The number of nitriles is 1. The summed E-state index contributed by atoms with van der Waals surface area (Å²) in [6.45, 7) is 0. The van der Waals surface area contributed by atoms with Gasteiger partial charge in [-0.25, -0.2) is 9.36 Å². The van der Waals surface area contributed by atoms with Crippen LogP contribution >= 0.6 is 0 Å². The van der Waals surface area contributed by atoms with Gasteiger partial charge in [0.25, 0.3) is 0 Å². The number of hydrogen-bond acceptors (Lipinski definition) is 3. The maximum atomic E-state index is 10.8. The van der Waals surface area contributed by atoms with Crippen LogP contribution < -0.4 is 5.69 Å². The minimum Gasteiger partial charge on any atom is -0.312 e. The highest BCUT2D eigenvalue weighted by molar-refractivity contribution is 5.80. The molecule has 0 spiro atoms. The minimum atomic E-state index is -0.515. The zero-order valence-electron chi connectivity index (χ0n) is 5.57. The summed E-state index contributed by atoms with van der Waals surface area (Å²) < 4.78 is 0.864. The number of hydrogen-bond donors (Lipinski definition) is 1. The van der Waals surface area contributed by atoms with Gasteiger partial charge in [-0.15, -0.1) is 0 Å². The van der Waals surface area contributed by atoms with Crippen molar-refractivity contribution in [1.82, 2.24) is 9.55 Å². The van der Waals surface area contributed by atoms with Crippen molar-refractivity contribution in [1.29, 1.82) is 5.26 Å². The quantitative estimate of drug-likeness (QED) is 0.600. The van der Waals surface area contributed by atoms with Gasteiger partial charge in [-0.2, -0.15) is 5.26 Å². The standard InChI is InChI=1S/C6H5N3O2/c7-2-1-5(10)9-4-3-8-6(9)11/h3-4H,1H2,(H,8,11). The molecular formula is C6H5N3O2. The second kappa shape index (κ2) is 2.84. The van der Waals surface area contributed by atoms with Crippen LogP contribution in [0.15, 0.2) is 17.2 Å². The van der Waals surface area contributed by atoms with Crippen molar-refractivity contribution >= 4 is 5.91 Å². The van der Waals surface area contributed by atoms with E-state index in [1.807, 2.05) is 0 Å². The molecule has 0 amide bonds. The highest BCUT2D eigenvalue weighted by Crippen LogP contribution is 1.83. The zero-order valence-corrected chi connectivity index (χ0v) is 5.57. The van der Waals surface area contributed by atoms with Crippen LogP contribution in [0.2, 0.25) is 0 Å². The molecule has 0 aliphatic carbocycles. The van der Waals surface area contributed by atoms with Crippen molar-refractivity contribution in [2.45, 2.75) is 6.42 Å². The largest absolute Gasteiger partial charge is 0.332 e. The van der Waals surface area contributed by atoms with Crippen LogP contribution in [0, 0.1) is 11.3 Å². The summed E-state index contributed by atoms with van der Waals surface area (Å²) in [6.07, 6.45) is 2.36. The van der Waals surface area contributed by atoms with Crippen LogP contribution in [0.4, 0.5) is 0 Å². The number of imidazole rings is 1. The third-order valence-corrected chi connectivity index (χ3v) is 1.15. The zero-order chi connectivity index (χ0) is 8.27. The lowest BCUT2D eigenvalue weighted by Gasteiger charge is -1.90. The molecule has 0 bridgehead atoms. The molecule has 0 fully saturated rings. The Hall–Kier alpha value is -1.83. The van der Waals surface area contributed by atoms with Crippen LogP contribution in [0.3, 0.4) is 0 Å². The lowest BCUT2D eigenvalue weighted by Crippen LogP contribution is -2.22. The van der Waals surface area contributed by atoms with Gasteiger partial charge < -0.3 is 4.98 Å². The summed E-state index contributed by atoms with van der Waals surface area (Å²) in [5.74, 6) is -0.515. The van der Waals surface area contributed by atoms with Gasteiger partial charge in [0.15, 0.2) is 0 Å². The Morgan fingerprint density at radius 1 is 1.82 bits per heavy atom. The summed E-state index contributed by atoms with van der Waals surface area (Å²) in [6, 6.07) is 1.66. The number of nitrogens with zero attached hydrogens (tertiary/aromatic N) is 2. The molecule has 5 heteroatoms. The first-order valence-electron chi connectivity index (χ1n) is 2.92. The lowest BCUT2D eigenvalue weighted by molar-refractivity contribution is 0.0915. The molecule has 0 atom stereocenters. The summed E-state index contributed by atoms with van der Waals surface area (Å²) in [5.41, 5.74) is -0.509. The van der Waals surface area contributed by atoms with Gasteiger partial charge in [0.1, 0.15) is 6.42 Å². The van der Waals surface area contributed by atoms with Crippen molar-refractivity contribution < 1.29 is 4.79 Å². The summed E-state index contributed by atoms with van der Waals surface area (Å²) in [4.78, 5) is 23.8. The van der Waals surface area contributed by atoms with E-state index >= 15 is 0 Å². The average molecular weight is 151 g/mol. The Balaban J connectivity index is 2.96. The number of aromatic amines is 1.